The monoisotopic (exact) mass is 247 g/mol. The topological polar surface area (TPSA) is 49.3 Å². The SMILES string of the molecule is O=C(NC1(CO)CC1)c1cc2ccccc2s1. The largest absolute Gasteiger partial charge is 0.394 e. The van der Waals surface area contributed by atoms with Crippen molar-refractivity contribution < 1.29 is 9.90 Å². The lowest BCUT2D eigenvalue weighted by atomic mass is 10.2. The van der Waals surface area contributed by atoms with Crippen LogP contribution in [0.3, 0.4) is 0 Å². The molecular formula is C13H13NO2S. The van der Waals surface area contributed by atoms with Gasteiger partial charge in [-0.15, -0.1) is 11.3 Å². The first-order valence-electron chi connectivity index (χ1n) is 5.64. The molecule has 0 aliphatic heterocycles. The van der Waals surface area contributed by atoms with Crippen LogP contribution in [0.25, 0.3) is 10.1 Å². The van der Waals surface area contributed by atoms with E-state index in [1.165, 1.54) is 11.3 Å². The third-order valence-electron chi connectivity index (χ3n) is 3.18. The Hall–Kier alpha value is -1.39. The van der Waals surface area contributed by atoms with Crippen molar-refractivity contribution in [1.29, 1.82) is 0 Å². The van der Waals surface area contributed by atoms with Gasteiger partial charge in [0.15, 0.2) is 0 Å². The van der Waals surface area contributed by atoms with E-state index < -0.39 is 0 Å². The van der Waals surface area contributed by atoms with E-state index in [2.05, 4.69) is 5.32 Å². The van der Waals surface area contributed by atoms with Crippen molar-refractivity contribution in [3.8, 4) is 0 Å². The average Bonchev–Trinajstić information content (AvgIpc) is 2.98. The molecule has 1 heterocycles. The van der Waals surface area contributed by atoms with Crippen LogP contribution in [-0.4, -0.2) is 23.2 Å². The zero-order chi connectivity index (χ0) is 11.9. The summed E-state index contributed by atoms with van der Waals surface area (Å²) in [6, 6.07) is 9.85. The Morgan fingerprint density at radius 2 is 2.18 bits per heavy atom. The standard InChI is InChI=1S/C13H13NO2S/c15-8-13(5-6-13)14-12(16)11-7-9-3-1-2-4-10(9)17-11/h1-4,7,15H,5-6,8H2,(H,14,16). The zero-order valence-electron chi connectivity index (χ0n) is 9.27. The van der Waals surface area contributed by atoms with Gasteiger partial charge < -0.3 is 10.4 Å². The Kier molecular flexibility index (Phi) is 2.42. The molecule has 1 aliphatic rings. The number of carbonyl (C=O) groups is 1. The maximum atomic E-state index is 12.0. The summed E-state index contributed by atoms with van der Waals surface area (Å²) in [5.41, 5.74) is -0.340. The van der Waals surface area contributed by atoms with Gasteiger partial charge in [0.1, 0.15) is 0 Å². The predicted molar refractivity (Wildman–Crippen MR) is 68.3 cm³/mol. The van der Waals surface area contributed by atoms with Crippen LogP contribution in [0, 0.1) is 0 Å². The normalized spacial score (nSPS) is 17.0. The summed E-state index contributed by atoms with van der Waals surface area (Å²) in [4.78, 5) is 12.7. The van der Waals surface area contributed by atoms with Crippen LogP contribution in [0.5, 0.6) is 0 Å². The Morgan fingerprint density at radius 3 is 2.82 bits per heavy atom. The van der Waals surface area contributed by atoms with Gasteiger partial charge in [-0.05, 0) is 30.4 Å². The third kappa shape index (κ3) is 1.94. The number of hydrogen-bond donors (Lipinski definition) is 2. The molecule has 1 saturated carbocycles. The van der Waals surface area contributed by atoms with E-state index in [0.29, 0.717) is 4.88 Å². The Balaban J connectivity index is 1.86. The second-order valence-corrected chi connectivity index (χ2v) is 5.62. The number of carbonyl (C=O) groups excluding carboxylic acids is 1. The van der Waals surface area contributed by atoms with Crippen LogP contribution in [0.15, 0.2) is 30.3 Å². The van der Waals surface area contributed by atoms with Gasteiger partial charge in [-0.3, -0.25) is 4.79 Å². The van der Waals surface area contributed by atoms with Crippen molar-refractivity contribution >= 4 is 27.3 Å². The summed E-state index contributed by atoms with van der Waals surface area (Å²) in [7, 11) is 0. The lowest BCUT2D eigenvalue weighted by Crippen LogP contribution is -2.39. The van der Waals surface area contributed by atoms with Crippen LogP contribution in [0.4, 0.5) is 0 Å². The molecule has 1 amide bonds. The minimum absolute atomic E-state index is 0.0314. The molecule has 0 unspecified atom stereocenters. The van der Waals surface area contributed by atoms with Gasteiger partial charge >= 0.3 is 0 Å². The third-order valence-corrected chi connectivity index (χ3v) is 4.30. The number of thiophene rings is 1. The maximum Gasteiger partial charge on any atom is 0.261 e. The molecule has 2 N–H and O–H groups in total. The molecule has 0 bridgehead atoms. The number of hydrogen-bond acceptors (Lipinski definition) is 3. The van der Waals surface area contributed by atoms with Crippen LogP contribution < -0.4 is 5.32 Å². The van der Waals surface area contributed by atoms with Gasteiger partial charge in [0, 0.05) is 4.70 Å². The van der Waals surface area contributed by atoms with Crippen molar-refractivity contribution in [2.24, 2.45) is 0 Å². The van der Waals surface area contributed by atoms with E-state index in [4.69, 9.17) is 0 Å². The van der Waals surface area contributed by atoms with E-state index in [-0.39, 0.29) is 18.1 Å². The van der Waals surface area contributed by atoms with Crippen LogP contribution in [0.2, 0.25) is 0 Å². The molecule has 3 nitrogen and oxygen atoms in total. The van der Waals surface area contributed by atoms with Crippen molar-refractivity contribution in [2.45, 2.75) is 18.4 Å². The molecule has 1 aromatic carbocycles. The minimum Gasteiger partial charge on any atom is -0.394 e. The van der Waals surface area contributed by atoms with Crippen molar-refractivity contribution in [2.75, 3.05) is 6.61 Å². The number of nitrogens with one attached hydrogen (secondary N) is 1. The number of amides is 1. The van der Waals surface area contributed by atoms with Gasteiger partial charge in [0.25, 0.3) is 5.91 Å². The first-order chi connectivity index (χ1) is 8.22. The Morgan fingerprint density at radius 1 is 1.41 bits per heavy atom. The van der Waals surface area contributed by atoms with E-state index in [1.54, 1.807) is 0 Å². The molecule has 0 saturated heterocycles. The van der Waals surface area contributed by atoms with Gasteiger partial charge in [-0.2, -0.15) is 0 Å². The summed E-state index contributed by atoms with van der Waals surface area (Å²) in [5.74, 6) is -0.0715. The van der Waals surface area contributed by atoms with Crippen LogP contribution in [-0.2, 0) is 0 Å². The van der Waals surface area contributed by atoms with Gasteiger partial charge in [-0.1, -0.05) is 18.2 Å². The van der Waals surface area contributed by atoms with E-state index in [1.807, 2.05) is 30.3 Å². The minimum atomic E-state index is -0.340. The Labute approximate surface area is 103 Å². The van der Waals surface area contributed by atoms with Crippen LogP contribution in [0.1, 0.15) is 22.5 Å². The molecule has 1 aromatic heterocycles. The summed E-state index contributed by atoms with van der Waals surface area (Å²) in [5, 5.41) is 13.2. The number of rotatable bonds is 3. The van der Waals surface area contributed by atoms with Crippen molar-refractivity contribution in [3.63, 3.8) is 0 Å². The van der Waals surface area contributed by atoms with Crippen molar-refractivity contribution in [1.82, 2.24) is 5.32 Å². The molecule has 0 atom stereocenters. The van der Waals surface area contributed by atoms with Crippen LogP contribution >= 0.6 is 11.3 Å². The zero-order valence-corrected chi connectivity index (χ0v) is 10.1. The molecule has 3 rings (SSSR count). The number of fused-ring (bicyclic) bond motifs is 1. The van der Waals surface area contributed by atoms with Gasteiger partial charge in [-0.25, -0.2) is 0 Å². The van der Waals surface area contributed by atoms with Gasteiger partial charge in [0.2, 0.25) is 0 Å². The Bertz CT molecular complexity index is 539. The molecule has 88 valence electrons. The average molecular weight is 247 g/mol. The molecule has 17 heavy (non-hydrogen) atoms. The quantitative estimate of drug-likeness (QED) is 0.873. The summed E-state index contributed by atoms with van der Waals surface area (Å²) < 4.78 is 1.12. The summed E-state index contributed by atoms with van der Waals surface area (Å²) in [6.07, 6.45) is 1.75. The lowest BCUT2D eigenvalue weighted by Gasteiger charge is -2.12. The summed E-state index contributed by atoms with van der Waals surface area (Å²) in [6.45, 7) is 0.0314. The fraction of sp³-hybridized carbons (Fsp3) is 0.308. The van der Waals surface area contributed by atoms with E-state index >= 15 is 0 Å². The highest BCUT2D eigenvalue weighted by Crippen LogP contribution is 2.35. The number of aliphatic hydroxyl groups is 1. The second-order valence-electron chi connectivity index (χ2n) is 4.54. The van der Waals surface area contributed by atoms with E-state index in [9.17, 15) is 9.90 Å². The maximum absolute atomic E-state index is 12.0. The molecule has 4 heteroatoms. The smallest absolute Gasteiger partial charge is 0.261 e. The number of benzene rings is 1. The number of aliphatic hydroxyl groups excluding tert-OH is 1. The molecule has 0 spiro atoms. The summed E-state index contributed by atoms with van der Waals surface area (Å²) >= 11 is 1.49. The molecule has 1 aliphatic carbocycles. The molecule has 1 fully saturated rings. The predicted octanol–water partition coefficient (Wildman–Crippen LogP) is 2.16. The lowest BCUT2D eigenvalue weighted by molar-refractivity contribution is 0.0911. The highest BCUT2D eigenvalue weighted by Gasteiger charge is 2.43. The highest BCUT2D eigenvalue weighted by atomic mass is 32.1. The molecule has 2 aromatic rings. The first kappa shape index (κ1) is 10.7. The fourth-order valence-electron chi connectivity index (χ4n) is 1.87. The molecular weight excluding hydrogens is 234 g/mol. The van der Waals surface area contributed by atoms with E-state index in [0.717, 1.165) is 22.9 Å². The van der Waals surface area contributed by atoms with Gasteiger partial charge in [0.05, 0.1) is 17.0 Å². The molecule has 0 radical (unpaired) electrons. The van der Waals surface area contributed by atoms with Crippen molar-refractivity contribution in [3.05, 3.63) is 35.2 Å². The second kappa shape index (κ2) is 3.82. The first-order valence-corrected chi connectivity index (χ1v) is 6.46. The fourth-order valence-corrected chi connectivity index (χ4v) is 2.83. The highest BCUT2D eigenvalue weighted by molar-refractivity contribution is 7.20.